The Balaban J connectivity index is 2.27. The summed E-state index contributed by atoms with van der Waals surface area (Å²) in [7, 11) is 0. The molecule has 0 unspecified atom stereocenters. The number of hydrogen-bond acceptors (Lipinski definition) is 2. The molecule has 3 heteroatoms. The molecule has 7 heavy (non-hydrogen) atoms. The zero-order valence-corrected chi connectivity index (χ0v) is 4.27. The summed E-state index contributed by atoms with van der Waals surface area (Å²) in [5.74, 6) is 0.152. The second-order valence-corrected chi connectivity index (χ2v) is 1.63. The Morgan fingerprint density at radius 2 is 2.29 bits per heavy atom. The van der Waals surface area contributed by atoms with Gasteiger partial charge in [-0.25, -0.2) is 0 Å². The van der Waals surface area contributed by atoms with Gasteiger partial charge in [0, 0.05) is 6.92 Å². The summed E-state index contributed by atoms with van der Waals surface area (Å²) in [5.41, 5.74) is 0. The first-order valence-corrected chi connectivity index (χ1v) is 2.27. The highest BCUT2D eigenvalue weighted by atomic mass is 16.2. The summed E-state index contributed by atoms with van der Waals surface area (Å²) in [6, 6.07) is 0. The third-order valence-electron chi connectivity index (χ3n) is 1.05. The number of carbonyl (C=O) groups is 1. The molecule has 0 aromatic carbocycles. The van der Waals surface area contributed by atoms with Crippen LogP contribution in [0.2, 0.25) is 0 Å². The third kappa shape index (κ3) is 0.718. The van der Waals surface area contributed by atoms with Gasteiger partial charge in [-0.3, -0.25) is 10.1 Å². The lowest BCUT2D eigenvalue weighted by Crippen LogP contribution is -2.53. The van der Waals surface area contributed by atoms with Crippen LogP contribution in [0.4, 0.5) is 0 Å². The Morgan fingerprint density at radius 3 is 2.29 bits per heavy atom. The van der Waals surface area contributed by atoms with Gasteiger partial charge in [-0.1, -0.05) is 0 Å². The highest BCUT2D eigenvalue weighted by Gasteiger charge is 2.13. The average molecular weight is 100 g/mol. The smallest absolute Gasteiger partial charge is 0.221 e. The van der Waals surface area contributed by atoms with E-state index in [1.807, 2.05) is 0 Å². The highest BCUT2D eigenvalue weighted by molar-refractivity contribution is 5.73. The van der Waals surface area contributed by atoms with Crippen LogP contribution in [0, 0.1) is 0 Å². The van der Waals surface area contributed by atoms with Crippen LogP contribution >= 0.6 is 0 Å². The number of amides is 1. The van der Waals surface area contributed by atoms with Crippen LogP contribution < -0.4 is 5.32 Å². The van der Waals surface area contributed by atoms with Crippen LogP contribution in [0.15, 0.2) is 0 Å². The van der Waals surface area contributed by atoms with Crippen molar-refractivity contribution in [2.45, 2.75) is 6.92 Å². The fourth-order valence-electron chi connectivity index (χ4n) is 0.446. The molecule has 0 radical (unpaired) electrons. The first kappa shape index (κ1) is 4.59. The predicted molar refractivity (Wildman–Crippen MR) is 25.4 cm³/mol. The van der Waals surface area contributed by atoms with E-state index in [2.05, 4.69) is 5.32 Å². The third-order valence-corrected chi connectivity index (χ3v) is 1.05. The number of carbonyl (C=O) groups excluding carboxylic acids is 1. The number of rotatable bonds is 0. The van der Waals surface area contributed by atoms with Crippen molar-refractivity contribution >= 4 is 5.91 Å². The molecule has 0 aromatic rings. The van der Waals surface area contributed by atoms with Crippen LogP contribution in [-0.2, 0) is 4.79 Å². The number of hydrogen-bond donors (Lipinski definition) is 1. The minimum Gasteiger partial charge on any atom is -0.317 e. The average Bonchev–Trinajstić information content (AvgIpc) is 1.23. The molecule has 1 N–H and O–H groups in total. The van der Waals surface area contributed by atoms with E-state index in [1.165, 1.54) is 0 Å². The van der Waals surface area contributed by atoms with E-state index in [-0.39, 0.29) is 5.91 Å². The molecule has 1 aliphatic rings. The van der Waals surface area contributed by atoms with Crippen molar-refractivity contribution < 1.29 is 4.79 Å². The fraction of sp³-hybridized carbons (Fsp3) is 0.750. The lowest BCUT2D eigenvalue weighted by atomic mass is 10.5. The summed E-state index contributed by atoms with van der Waals surface area (Å²) in [6.45, 7) is 3.03. The molecular weight excluding hydrogens is 92.1 g/mol. The van der Waals surface area contributed by atoms with Crippen molar-refractivity contribution in [2.75, 3.05) is 13.3 Å². The Bertz CT molecular complexity index is 87.7. The van der Waals surface area contributed by atoms with E-state index < -0.39 is 0 Å². The van der Waals surface area contributed by atoms with Crippen LogP contribution in [0.1, 0.15) is 6.92 Å². The van der Waals surface area contributed by atoms with Gasteiger partial charge < -0.3 is 4.90 Å². The minimum atomic E-state index is 0.152. The van der Waals surface area contributed by atoms with Crippen molar-refractivity contribution in [1.82, 2.24) is 10.2 Å². The summed E-state index contributed by atoms with van der Waals surface area (Å²) >= 11 is 0. The maximum Gasteiger partial charge on any atom is 0.221 e. The van der Waals surface area contributed by atoms with Crippen molar-refractivity contribution in [2.24, 2.45) is 0 Å². The standard InChI is InChI=1S/C4H8N2O/c1-4(7)6-2-5-3-6/h5H,2-3H2,1H3. The molecule has 1 rings (SSSR count). The van der Waals surface area contributed by atoms with Gasteiger partial charge in [0.25, 0.3) is 0 Å². The molecule has 0 bridgehead atoms. The lowest BCUT2D eigenvalue weighted by Gasteiger charge is -2.30. The monoisotopic (exact) mass is 100 g/mol. The first-order valence-electron chi connectivity index (χ1n) is 2.27. The normalized spacial score (nSPS) is 18.7. The molecule has 1 fully saturated rings. The molecule has 0 atom stereocenters. The topological polar surface area (TPSA) is 32.3 Å². The van der Waals surface area contributed by atoms with E-state index in [4.69, 9.17) is 0 Å². The fourth-order valence-corrected chi connectivity index (χ4v) is 0.446. The van der Waals surface area contributed by atoms with Gasteiger partial charge in [-0.15, -0.1) is 0 Å². The molecule has 1 aliphatic heterocycles. The van der Waals surface area contributed by atoms with Crippen LogP contribution in [0.3, 0.4) is 0 Å². The van der Waals surface area contributed by atoms with E-state index in [1.54, 1.807) is 11.8 Å². The highest BCUT2D eigenvalue weighted by Crippen LogP contribution is 1.91. The van der Waals surface area contributed by atoms with E-state index in [9.17, 15) is 4.79 Å². The van der Waals surface area contributed by atoms with Crippen LogP contribution in [0.25, 0.3) is 0 Å². The SMILES string of the molecule is CC(=O)N1CNC1. The number of nitrogens with zero attached hydrogens (tertiary/aromatic N) is 1. The molecular formula is C4H8N2O. The zero-order chi connectivity index (χ0) is 5.28. The van der Waals surface area contributed by atoms with Gasteiger partial charge in [-0.05, 0) is 0 Å². The Morgan fingerprint density at radius 1 is 1.71 bits per heavy atom. The van der Waals surface area contributed by atoms with Gasteiger partial charge >= 0.3 is 0 Å². The zero-order valence-electron chi connectivity index (χ0n) is 4.27. The maximum atomic E-state index is 10.3. The molecule has 1 saturated heterocycles. The maximum absolute atomic E-state index is 10.3. The first-order chi connectivity index (χ1) is 3.30. The molecule has 1 heterocycles. The molecule has 0 spiro atoms. The Labute approximate surface area is 42.3 Å². The predicted octanol–water partition coefficient (Wildman–Crippen LogP) is -0.647. The van der Waals surface area contributed by atoms with Crippen molar-refractivity contribution in [3.8, 4) is 0 Å². The molecule has 0 saturated carbocycles. The van der Waals surface area contributed by atoms with E-state index in [0.29, 0.717) is 0 Å². The van der Waals surface area contributed by atoms with Gasteiger partial charge in [0.15, 0.2) is 0 Å². The summed E-state index contributed by atoms with van der Waals surface area (Å²) in [5, 5.41) is 2.95. The van der Waals surface area contributed by atoms with Gasteiger partial charge in [0.2, 0.25) is 5.91 Å². The largest absolute Gasteiger partial charge is 0.317 e. The van der Waals surface area contributed by atoms with E-state index in [0.717, 1.165) is 13.3 Å². The van der Waals surface area contributed by atoms with Gasteiger partial charge in [-0.2, -0.15) is 0 Å². The second-order valence-electron chi connectivity index (χ2n) is 1.63. The molecule has 1 amide bonds. The molecule has 0 aliphatic carbocycles. The summed E-state index contributed by atoms with van der Waals surface area (Å²) in [6.07, 6.45) is 0. The van der Waals surface area contributed by atoms with Gasteiger partial charge in [0.05, 0.1) is 13.3 Å². The number of nitrogens with one attached hydrogen (secondary N) is 1. The minimum absolute atomic E-state index is 0.152. The Kier molecular flexibility index (Phi) is 0.982. The van der Waals surface area contributed by atoms with Crippen LogP contribution in [0.5, 0.6) is 0 Å². The van der Waals surface area contributed by atoms with E-state index >= 15 is 0 Å². The molecule has 0 aromatic heterocycles. The summed E-state index contributed by atoms with van der Waals surface area (Å²) < 4.78 is 0. The molecule has 40 valence electrons. The Hall–Kier alpha value is -0.570. The second kappa shape index (κ2) is 1.50. The molecule has 3 nitrogen and oxygen atoms in total. The quantitative estimate of drug-likeness (QED) is 0.439. The lowest BCUT2D eigenvalue weighted by molar-refractivity contribution is -0.133. The van der Waals surface area contributed by atoms with Crippen molar-refractivity contribution in [3.63, 3.8) is 0 Å². The van der Waals surface area contributed by atoms with Crippen molar-refractivity contribution in [3.05, 3.63) is 0 Å². The van der Waals surface area contributed by atoms with Gasteiger partial charge in [0.1, 0.15) is 0 Å². The van der Waals surface area contributed by atoms with Crippen LogP contribution in [-0.4, -0.2) is 24.1 Å². The summed E-state index contributed by atoms with van der Waals surface area (Å²) in [4.78, 5) is 12.0. The van der Waals surface area contributed by atoms with Crippen molar-refractivity contribution in [1.29, 1.82) is 0 Å².